The van der Waals surface area contributed by atoms with Gasteiger partial charge in [-0.15, -0.1) is 0 Å². The molecule has 0 atom stereocenters. The molecule has 2 aromatic carbocycles. The first-order chi connectivity index (χ1) is 14.1. The molecule has 6 nitrogen and oxygen atoms in total. The van der Waals surface area contributed by atoms with E-state index in [1.165, 1.54) is 0 Å². The molecule has 1 aliphatic rings. The average Bonchev–Trinajstić information content (AvgIpc) is 2.77. The van der Waals surface area contributed by atoms with E-state index in [9.17, 15) is 9.59 Å². The van der Waals surface area contributed by atoms with Crippen molar-refractivity contribution in [3.05, 3.63) is 71.8 Å². The summed E-state index contributed by atoms with van der Waals surface area (Å²) in [5.74, 6) is 0.296. The van der Waals surface area contributed by atoms with Crippen LogP contribution < -0.4 is 15.0 Å². The summed E-state index contributed by atoms with van der Waals surface area (Å²) in [6.45, 7) is 6.70. The van der Waals surface area contributed by atoms with Crippen LogP contribution in [-0.2, 0) is 4.79 Å². The number of carbonyl (C=O) groups is 2. The Morgan fingerprint density at radius 2 is 1.69 bits per heavy atom. The van der Waals surface area contributed by atoms with E-state index in [-0.39, 0.29) is 18.4 Å². The van der Waals surface area contributed by atoms with Crippen molar-refractivity contribution in [2.24, 2.45) is 0 Å². The normalized spacial score (nSPS) is 13.7. The molecule has 0 saturated carbocycles. The minimum absolute atomic E-state index is 0.0194. The largest absolute Gasteiger partial charge is 0.490 e. The van der Waals surface area contributed by atoms with Crippen molar-refractivity contribution in [3.8, 4) is 5.75 Å². The Morgan fingerprint density at radius 1 is 1.03 bits per heavy atom. The molecule has 29 heavy (non-hydrogen) atoms. The van der Waals surface area contributed by atoms with Gasteiger partial charge in [0.1, 0.15) is 12.4 Å². The van der Waals surface area contributed by atoms with E-state index in [4.69, 9.17) is 16.3 Å². The number of anilines is 1. The molecule has 0 spiro atoms. The van der Waals surface area contributed by atoms with Gasteiger partial charge < -0.3 is 19.9 Å². The Morgan fingerprint density at radius 3 is 2.31 bits per heavy atom. The number of benzene rings is 2. The second-order valence-electron chi connectivity index (χ2n) is 6.65. The van der Waals surface area contributed by atoms with E-state index in [1.807, 2.05) is 24.3 Å². The number of hydrogen-bond acceptors (Lipinski definition) is 4. The van der Waals surface area contributed by atoms with Gasteiger partial charge in [-0.3, -0.25) is 9.59 Å². The summed E-state index contributed by atoms with van der Waals surface area (Å²) in [4.78, 5) is 28.7. The summed E-state index contributed by atoms with van der Waals surface area (Å²) >= 11 is 5.93. The molecule has 0 aromatic heterocycles. The first-order valence-electron chi connectivity index (χ1n) is 9.47. The SMILES string of the molecule is C=CCOc1ccc(C(=O)NCC(=O)N2CCN(c3ccc(Cl)cc3)CC2)cc1. The van der Waals surface area contributed by atoms with Crippen LogP contribution in [0.1, 0.15) is 10.4 Å². The Hall–Kier alpha value is -2.99. The van der Waals surface area contributed by atoms with Crippen LogP contribution >= 0.6 is 11.6 Å². The summed E-state index contributed by atoms with van der Waals surface area (Å²) < 4.78 is 5.39. The zero-order valence-corrected chi connectivity index (χ0v) is 16.9. The molecule has 0 radical (unpaired) electrons. The van der Waals surface area contributed by atoms with Crippen LogP contribution in [0.2, 0.25) is 5.02 Å². The van der Waals surface area contributed by atoms with Crippen LogP contribution in [0.15, 0.2) is 61.2 Å². The van der Waals surface area contributed by atoms with Crippen molar-refractivity contribution in [3.63, 3.8) is 0 Å². The molecule has 0 unspecified atom stereocenters. The fourth-order valence-electron chi connectivity index (χ4n) is 3.09. The van der Waals surface area contributed by atoms with E-state index < -0.39 is 0 Å². The zero-order valence-electron chi connectivity index (χ0n) is 16.1. The van der Waals surface area contributed by atoms with E-state index in [0.29, 0.717) is 36.0 Å². The second kappa shape index (κ2) is 9.98. The summed E-state index contributed by atoms with van der Waals surface area (Å²) in [6, 6.07) is 14.5. The molecule has 0 bridgehead atoms. The van der Waals surface area contributed by atoms with Gasteiger partial charge in [0.25, 0.3) is 5.91 Å². The number of carbonyl (C=O) groups excluding carboxylic acids is 2. The maximum absolute atomic E-state index is 12.4. The summed E-state index contributed by atoms with van der Waals surface area (Å²) in [6.07, 6.45) is 1.65. The van der Waals surface area contributed by atoms with E-state index in [1.54, 1.807) is 35.2 Å². The van der Waals surface area contributed by atoms with Gasteiger partial charge in [0.15, 0.2) is 0 Å². The Bertz CT molecular complexity index is 845. The smallest absolute Gasteiger partial charge is 0.251 e. The van der Waals surface area contributed by atoms with Crippen molar-refractivity contribution in [1.29, 1.82) is 0 Å². The monoisotopic (exact) mass is 413 g/mol. The lowest BCUT2D eigenvalue weighted by atomic mass is 10.2. The number of ether oxygens (including phenoxy) is 1. The molecule has 1 N–H and O–H groups in total. The van der Waals surface area contributed by atoms with Gasteiger partial charge in [-0.1, -0.05) is 24.3 Å². The Labute approximate surface area is 175 Å². The van der Waals surface area contributed by atoms with E-state index in [2.05, 4.69) is 16.8 Å². The topological polar surface area (TPSA) is 61.9 Å². The molecular weight excluding hydrogens is 390 g/mol. The lowest BCUT2D eigenvalue weighted by Crippen LogP contribution is -2.51. The molecule has 7 heteroatoms. The molecule has 1 fully saturated rings. The minimum atomic E-state index is -0.284. The number of amides is 2. The molecule has 2 aromatic rings. The second-order valence-corrected chi connectivity index (χ2v) is 7.09. The quantitative estimate of drug-likeness (QED) is 0.709. The van der Waals surface area contributed by atoms with Crippen molar-refractivity contribution in [2.75, 3.05) is 44.2 Å². The third-order valence-electron chi connectivity index (χ3n) is 4.71. The third-order valence-corrected chi connectivity index (χ3v) is 4.96. The lowest BCUT2D eigenvalue weighted by Gasteiger charge is -2.36. The predicted octanol–water partition coefficient (Wildman–Crippen LogP) is 2.98. The van der Waals surface area contributed by atoms with Crippen molar-refractivity contribution in [1.82, 2.24) is 10.2 Å². The highest BCUT2D eigenvalue weighted by Crippen LogP contribution is 2.19. The van der Waals surface area contributed by atoms with Gasteiger partial charge >= 0.3 is 0 Å². The summed E-state index contributed by atoms with van der Waals surface area (Å²) in [7, 11) is 0. The highest BCUT2D eigenvalue weighted by molar-refractivity contribution is 6.30. The predicted molar refractivity (Wildman–Crippen MR) is 115 cm³/mol. The van der Waals surface area contributed by atoms with E-state index in [0.717, 1.165) is 18.8 Å². The van der Waals surface area contributed by atoms with Crippen LogP contribution in [0.25, 0.3) is 0 Å². The van der Waals surface area contributed by atoms with Crippen LogP contribution in [0.3, 0.4) is 0 Å². The third kappa shape index (κ3) is 5.74. The molecule has 1 heterocycles. The van der Waals surface area contributed by atoms with Crippen LogP contribution in [-0.4, -0.2) is 56.0 Å². The minimum Gasteiger partial charge on any atom is -0.490 e. The summed E-state index contributed by atoms with van der Waals surface area (Å²) in [5.41, 5.74) is 1.58. The molecule has 0 aliphatic carbocycles. The molecule has 1 saturated heterocycles. The number of halogens is 1. The maximum Gasteiger partial charge on any atom is 0.251 e. The molecule has 3 rings (SSSR count). The van der Waals surface area contributed by atoms with Gasteiger partial charge in [-0.2, -0.15) is 0 Å². The number of nitrogens with zero attached hydrogens (tertiary/aromatic N) is 2. The van der Waals surface area contributed by atoms with Crippen LogP contribution in [0, 0.1) is 0 Å². The fraction of sp³-hybridized carbons (Fsp3) is 0.273. The van der Waals surface area contributed by atoms with Gasteiger partial charge in [-0.05, 0) is 48.5 Å². The van der Waals surface area contributed by atoms with Crippen LogP contribution in [0.4, 0.5) is 5.69 Å². The Balaban J connectivity index is 1.44. The van der Waals surface area contributed by atoms with Gasteiger partial charge in [0.2, 0.25) is 5.91 Å². The number of nitrogens with one attached hydrogen (secondary N) is 1. The average molecular weight is 414 g/mol. The first-order valence-corrected chi connectivity index (χ1v) is 9.85. The molecular formula is C22H24ClN3O3. The Kier molecular flexibility index (Phi) is 7.14. The number of hydrogen-bond donors (Lipinski definition) is 1. The van der Waals surface area contributed by atoms with Crippen molar-refractivity contribution < 1.29 is 14.3 Å². The molecule has 1 aliphatic heterocycles. The van der Waals surface area contributed by atoms with Crippen molar-refractivity contribution in [2.45, 2.75) is 0 Å². The molecule has 2 amide bonds. The molecule has 152 valence electrons. The zero-order chi connectivity index (χ0) is 20.6. The highest BCUT2D eigenvalue weighted by atomic mass is 35.5. The van der Waals surface area contributed by atoms with Crippen LogP contribution in [0.5, 0.6) is 5.75 Å². The standard InChI is InChI=1S/C22H24ClN3O3/c1-2-15-29-20-9-3-17(4-10-20)22(28)24-16-21(27)26-13-11-25(12-14-26)19-7-5-18(23)6-8-19/h2-10H,1,11-16H2,(H,24,28). The van der Waals surface area contributed by atoms with E-state index >= 15 is 0 Å². The van der Waals surface area contributed by atoms with Gasteiger partial charge in [-0.25, -0.2) is 0 Å². The lowest BCUT2D eigenvalue weighted by molar-refractivity contribution is -0.130. The maximum atomic E-state index is 12.4. The van der Waals surface area contributed by atoms with Gasteiger partial charge in [0.05, 0.1) is 6.54 Å². The number of piperazine rings is 1. The highest BCUT2D eigenvalue weighted by Gasteiger charge is 2.21. The van der Waals surface area contributed by atoms with Gasteiger partial charge in [0, 0.05) is 42.5 Å². The first kappa shape index (κ1) is 20.7. The summed E-state index contributed by atoms with van der Waals surface area (Å²) in [5, 5.41) is 3.40. The number of rotatable bonds is 7. The fourth-order valence-corrected chi connectivity index (χ4v) is 3.22. The van der Waals surface area contributed by atoms with Crippen molar-refractivity contribution >= 4 is 29.1 Å².